The molecule has 1 heterocycles. The van der Waals surface area contributed by atoms with Gasteiger partial charge in [-0.15, -0.1) is 13.2 Å². The van der Waals surface area contributed by atoms with Gasteiger partial charge in [-0.05, 0) is 48.9 Å². The van der Waals surface area contributed by atoms with Crippen molar-refractivity contribution in [3.63, 3.8) is 0 Å². The van der Waals surface area contributed by atoms with Crippen LogP contribution in [0.2, 0.25) is 0 Å². The molecule has 0 saturated carbocycles. The highest BCUT2D eigenvalue weighted by molar-refractivity contribution is 7.92. The maximum atomic E-state index is 12.7. The van der Waals surface area contributed by atoms with Gasteiger partial charge >= 0.3 is 6.36 Å². The molecular weight excluding hydrogens is 525 g/mol. The summed E-state index contributed by atoms with van der Waals surface area (Å²) in [6.07, 6.45) is -5.90. The highest BCUT2D eigenvalue weighted by atomic mass is 32.2. The van der Waals surface area contributed by atoms with Crippen LogP contribution in [0.15, 0.2) is 71.6 Å². The maximum Gasteiger partial charge on any atom is 0.573 e. The lowest BCUT2D eigenvalue weighted by molar-refractivity contribution is -0.274. The first-order valence-electron chi connectivity index (χ1n) is 11.4. The number of aliphatic hydroxyl groups is 1. The average Bonchev–Trinajstić information content (AvgIpc) is 3.22. The number of fused-ring (bicyclic) bond motifs is 1. The van der Waals surface area contributed by atoms with Gasteiger partial charge in [0, 0.05) is 42.0 Å². The number of anilines is 1. The second kappa shape index (κ2) is 11.3. The Morgan fingerprint density at radius 1 is 1.05 bits per heavy atom. The number of rotatable bonds is 11. The Kier molecular flexibility index (Phi) is 8.09. The highest BCUT2D eigenvalue weighted by Gasteiger charge is 2.31. The van der Waals surface area contributed by atoms with E-state index in [0.717, 1.165) is 40.9 Å². The van der Waals surface area contributed by atoms with Crippen molar-refractivity contribution in [3.05, 3.63) is 78.0 Å². The topological polar surface area (TPSA) is 126 Å². The second-order valence-corrected chi connectivity index (χ2v) is 10.0. The predicted octanol–water partition coefficient (Wildman–Crippen LogP) is 4.27. The summed E-state index contributed by atoms with van der Waals surface area (Å²) in [6, 6.07) is 15.7. The van der Waals surface area contributed by atoms with E-state index in [-0.39, 0.29) is 12.2 Å². The number of sulfonamides is 1. The lowest BCUT2D eigenvalue weighted by Gasteiger charge is -2.15. The number of nitrogens with one attached hydrogen (secondary N) is 3. The van der Waals surface area contributed by atoms with Crippen molar-refractivity contribution in [1.29, 1.82) is 0 Å². The van der Waals surface area contributed by atoms with Crippen LogP contribution in [0.25, 0.3) is 10.9 Å². The van der Waals surface area contributed by atoms with Gasteiger partial charge in [-0.25, -0.2) is 8.42 Å². The number of H-pyrrole nitrogens is 1. The first-order chi connectivity index (χ1) is 18.0. The smallest absolute Gasteiger partial charge is 0.492 e. The van der Waals surface area contributed by atoms with E-state index in [4.69, 9.17) is 4.74 Å². The largest absolute Gasteiger partial charge is 0.573 e. The molecule has 1 aromatic heterocycles. The number of alkyl halides is 3. The SMILES string of the molecule is Cc1[nH]nc2cc(OCCNCC(O)c3cccc(NS(=O)(=O)c4cccc(OC(F)(F)F)c4)c3)ccc12. The number of aliphatic hydroxyl groups excluding tert-OH is 1. The molecule has 0 saturated heterocycles. The molecule has 0 fully saturated rings. The molecule has 202 valence electrons. The summed E-state index contributed by atoms with van der Waals surface area (Å²) >= 11 is 0. The van der Waals surface area contributed by atoms with Gasteiger partial charge in [0.05, 0.1) is 16.5 Å². The number of benzene rings is 3. The molecule has 0 bridgehead atoms. The number of hydrogen-bond donors (Lipinski definition) is 4. The monoisotopic (exact) mass is 550 g/mol. The van der Waals surface area contributed by atoms with Gasteiger partial charge in [0.25, 0.3) is 10.0 Å². The van der Waals surface area contributed by atoms with Crippen LogP contribution in [0.3, 0.4) is 0 Å². The Morgan fingerprint density at radius 2 is 1.84 bits per heavy atom. The van der Waals surface area contributed by atoms with E-state index in [2.05, 4.69) is 25.0 Å². The molecule has 9 nitrogen and oxygen atoms in total. The van der Waals surface area contributed by atoms with Crippen LogP contribution >= 0.6 is 0 Å². The Morgan fingerprint density at radius 3 is 2.63 bits per heavy atom. The van der Waals surface area contributed by atoms with E-state index in [0.29, 0.717) is 24.5 Å². The first-order valence-corrected chi connectivity index (χ1v) is 12.9. The zero-order valence-electron chi connectivity index (χ0n) is 20.1. The molecule has 4 N–H and O–H groups in total. The molecule has 0 aliphatic heterocycles. The Balaban J connectivity index is 1.29. The molecule has 0 aliphatic carbocycles. The normalized spacial score (nSPS) is 12.9. The third kappa shape index (κ3) is 7.15. The number of hydrogen-bond acceptors (Lipinski definition) is 7. The highest BCUT2D eigenvalue weighted by Crippen LogP contribution is 2.27. The predicted molar refractivity (Wildman–Crippen MR) is 135 cm³/mol. The van der Waals surface area contributed by atoms with E-state index in [9.17, 15) is 26.7 Å². The Bertz CT molecular complexity index is 1510. The number of halogens is 3. The number of nitrogens with zero attached hydrogens (tertiary/aromatic N) is 1. The first kappa shape index (κ1) is 27.2. The minimum Gasteiger partial charge on any atom is -0.492 e. The lowest BCUT2D eigenvalue weighted by atomic mass is 10.1. The molecule has 1 atom stereocenters. The zero-order valence-corrected chi connectivity index (χ0v) is 20.9. The summed E-state index contributed by atoms with van der Waals surface area (Å²) in [5.41, 5.74) is 2.35. The van der Waals surface area contributed by atoms with Gasteiger partial charge < -0.3 is 19.9 Å². The third-order valence-electron chi connectivity index (χ3n) is 5.48. The van der Waals surface area contributed by atoms with Crippen LogP contribution in [0, 0.1) is 6.92 Å². The summed E-state index contributed by atoms with van der Waals surface area (Å²) in [5, 5.41) is 21.7. The summed E-state index contributed by atoms with van der Waals surface area (Å²) < 4.78 is 74.6. The third-order valence-corrected chi connectivity index (χ3v) is 6.85. The van der Waals surface area contributed by atoms with E-state index in [1.165, 1.54) is 12.1 Å². The zero-order chi connectivity index (χ0) is 27.3. The van der Waals surface area contributed by atoms with Gasteiger partial charge in [0.2, 0.25) is 0 Å². The van der Waals surface area contributed by atoms with E-state index >= 15 is 0 Å². The van der Waals surface area contributed by atoms with Crippen molar-refractivity contribution in [2.75, 3.05) is 24.4 Å². The molecule has 1 unspecified atom stereocenters. The van der Waals surface area contributed by atoms with Crippen molar-refractivity contribution in [2.24, 2.45) is 0 Å². The van der Waals surface area contributed by atoms with Crippen LogP contribution in [-0.4, -0.2) is 49.8 Å². The Hall–Kier alpha value is -3.81. The van der Waals surface area contributed by atoms with Gasteiger partial charge in [0.1, 0.15) is 18.1 Å². The van der Waals surface area contributed by atoms with Gasteiger partial charge in [-0.1, -0.05) is 18.2 Å². The summed E-state index contributed by atoms with van der Waals surface area (Å²) in [5.74, 6) is 0.0122. The van der Waals surface area contributed by atoms with Crippen molar-refractivity contribution >= 4 is 26.6 Å². The van der Waals surface area contributed by atoms with Crippen molar-refractivity contribution in [2.45, 2.75) is 24.3 Å². The molecule has 0 radical (unpaired) electrons. The Labute approximate surface area is 216 Å². The number of aryl methyl sites for hydroxylation is 1. The van der Waals surface area contributed by atoms with Crippen LogP contribution in [0.4, 0.5) is 18.9 Å². The van der Waals surface area contributed by atoms with Crippen LogP contribution in [-0.2, 0) is 10.0 Å². The summed E-state index contributed by atoms with van der Waals surface area (Å²) in [7, 11) is -4.21. The van der Waals surface area contributed by atoms with E-state index < -0.39 is 33.1 Å². The summed E-state index contributed by atoms with van der Waals surface area (Å²) in [4.78, 5) is -0.409. The minimum absolute atomic E-state index is 0.135. The van der Waals surface area contributed by atoms with E-state index in [1.54, 1.807) is 12.1 Å². The molecule has 13 heteroatoms. The molecule has 0 aliphatic rings. The molecular formula is C25H25F3N4O5S. The number of aromatic nitrogens is 2. The fraction of sp³-hybridized carbons (Fsp3) is 0.240. The quantitative estimate of drug-likeness (QED) is 0.206. The number of ether oxygens (including phenoxy) is 2. The van der Waals surface area contributed by atoms with Crippen LogP contribution in [0.1, 0.15) is 17.4 Å². The lowest BCUT2D eigenvalue weighted by Crippen LogP contribution is -2.26. The standard InChI is InChI=1S/C25H25F3N4O5S/c1-16-22-9-8-19(14-23(22)31-30-16)36-11-10-29-15-24(33)17-4-2-5-18(12-17)32-38(34,35)21-7-3-6-20(13-21)37-25(26,27)28/h2-9,12-14,24,29,32-33H,10-11,15H2,1H3,(H,30,31). The average molecular weight is 551 g/mol. The van der Waals surface area contributed by atoms with Gasteiger partial charge in [-0.3, -0.25) is 9.82 Å². The molecule has 4 aromatic rings. The van der Waals surface area contributed by atoms with Gasteiger partial charge in [0.15, 0.2) is 0 Å². The molecule has 3 aromatic carbocycles. The van der Waals surface area contributed by atoms with Crippen LogP contribution in [0.5, 0.6) is 11.5 Å². The van der Waals surface area contributed by atoms with Crippen molar-refractivity contribution in [3.8, 4) is 11.5 Å². The maximum absolute atomic E-state index is 12.7. The van der Waals surface area contributed by atoms with Crippen LogP contribution < -0.4 is 19.5 Å². The molecule has 0 amide bonds. The molecule has 38 heavy (non-hydrogen) atoms. The van der Waals surface area contributed by atoms with Crippen molar-refractivity contribution in [1.82, 2.24) is 15.5 Å². The van der Waals surface area contributed by atoms with E-state index in [1.807, 2.05) is 25.1 Å². The minimum atomic E-state index is -4.95. The number of aromatic amines is 1. The summed E-state index contributed by atoms with van der Waals surface area (Å²) in [6.45, 7) is 2.90. The molecule has 4 rings (SSSR count). The molecule has 0 spiro atoms. The second-order valence-electron chi connectivity index (χ2n) is 8.35. The fourth-order valence-electron chi connectivity index (χ4n) is 3.67. The fourth-order valence-corrected chi connectivity index (χ4v) is 4.76. The van der Waals surface area contributed by atoms with Gasteiger partial charge in [-0.2, -0.15) is 5.10 Å². The van der Waals surface area contributed by atoms with Crippen molar-refractivity contribution < 1.29 is 36.2 Å².